The highest BCUT2D eigenvalue weighted by Gasteiger charge is 2.26. The number of carbonyl (C=O) groups excluding carboxylic acids is 1. The van der Waals surface area contributed by atoms with Crippen LogP contribution in [0.15, 0.2) is 36.5 Å². The van der Waals surface area contributed by atoms with Crippen molar-refractivity contribution < 1.29 is 4.79 Å². The molecule has 0 atom stereocenters. The van der Waals surface area contributed by atoms with Crippen molar-refractivity contribution in [3.8, 4) is 0 Å². The van der Waals surface area contributed by atoms with E-state index in [4.69, 9.17) is 4.98 Å². The summed E-state index contributed by atoms with van der Waals surface area (Å²) in [5.41, 5.74) is 4.84. The van der Waals surface area contributed by atoms with Gasteiger partial charge in [0.15, 0.2) is 5.13 Å². The number of fused-ring (bicyclic) bond motifs is 1. The van der Waals surface area contributed by atoms with E-state index in [0.717, 1.165) is 26.6 Å². The van der Waals surface area contributed by atoms with E-state index in [-0.39, 0.29) is 5.91 Å². The Hall–Kier alpha value is -2.64. The third-order valence-corrected chi connectivity index (χ3v) is 6.72. The van der Waals surface area contributed by atoms with Gasteiger partial charge in [-0.05, 0) is 57.0 Å². The summed E-state index contributed by atoms with van der Waals surface area (Å²) in [6.45, 7) is 8.31. The fraction of sp³-hybridized carbons (Fsp3) is 0.238. The van der Waals surface area contributed by atoms with Crippen LogP contribution in [0, 0.1) is 27.7 Å². The lowest BCUT2D eigenvalue weighted by molar-refractivity contribution is 0.0988. The van der Waals surface area contributed by atoms with E-state index in [9.17, 15) is 4.79 Å². The number of hydrogen-bond donors (Lipinski definition) is 0. The number of anilines is 1. The van der Waals surface area contributed by atoms with Crippen LogP contribution in [-0.4, -0.2) is 20.9 Å². The summed E-state index contributed by atoms with van der Waals surface area (Å²) in [5.74, 6) is -0.0813. The van der Waals surface area contributed by atoms with Gasteiger partial charge in [-0.1, -0.05) is 23.5 Å². The lowest BCUT2D eigenvalue weighted by Crippen LogP contribution is -2.30. The summed E-state index contributed by atoms with van der Waals surface area (Å²) in [4.78, 5) is 29.4. The summed E-state index contributed by atoms with van der Waals surface area (Å²) in [7, 11) is 0. The molecule has 0 N–H and O–H groups in total. The number of nitrogens with zero attached hydrogens (tertiary/aromatic N) is 4. The Balaban J connectivity index is 1.82. The molecule has 0 aliphatic heterocycles. The van der Waals surface area contributed by atoms with Gasteiger partial charge < -0.3 is 0 Å². The second-order valence-corrected chi connectivity index (χ2v) is 8.97. The molecule has 0 radical (unpaired) electrons. The largest absolute Gasteiger partial charge is 0.277 e. The summed E-state index contributed by atoms with van der Waals surface area (Å²) >= 11 is 2.97. The molecule has 1 amide bonds. The molecule has 0 saturated carbocycles. The molecule has 142 valence electrons. The van der Waals surface area contributed by atoms with Crippen molar-refractivity contribution >= 4 is 43.9 Å². The van der Waals surface area contributed by atoms with Crippen molar-refractivity contribution in [2.75, 3.05) is 4.90 Å². The number of amides is 1. The van der Waals surface area contributed by atoms with Gasteiger partial charge in [0.25, 0.3) is 5.91 Å². The first kappa shape index (κ1) is 18.7. The molecule has 28 heavy (non-hydrogen) atoms. The van der Waals surface area contributed by atoms with Crippen molar-refractivity contribution in [2.24, 2.45) is 0 Å². The fourth-order valence-corrected chi connectivity index (χ4v) is 5.09. The standard InChI is InChI=1S/C21H20N4OS2/c1-12-9-13(2)18-17(10-12)24-21(28-18)25(11-16-7-5-6-8-22-16)20(26)19-14(3)23-15(4)27-19/h5-10H,11H2,1-4H3. The van der Waals surface area contributed by atoms with Crippen LogP contribution in [0.2, 0.25) is 0 Å². The average molecular weight is 409 g/mol. The maximum Gasteiger partial charge on any atom is 0.272 e. The van der Waals surface area contributed by atoms with Crippen LogP contribution in [-0.2, 0) is 6.54 Å². The predicted octanol–water partition coefficient (Wildman–Crippen LogP) is 5.23. The first-order chi connectivity index (χ1) is 13.4. The minimum absolute atomic E-state index is 0.0813. The number of thiazole rings is 2. The highest BCUT2D eigenvalue weighted by atomic mass is 32.1. The average Bonchev–Trinajstić information content (AvgIpc) is 3.22. The fourth-order valence-electron chi connectivity index (χ4n) is 3.21. The Labute approximate surface area is 171 Å². The van der Waals surface area contributed by atoms with Crippen LogP contribution in [0.25, 0.3) is 10.2 Å². The van der Waals surface area contributed by atoms with Crippen molar-refractivity contribution in [2.45, 2.75) is 34.2 Å². The third-order valence-electron chi connectivity index (χ3n) is 4.43. The van der Waals surface area contributed by atoms with Crippen molar-refractivity contribution in [3.05, 3.63) is 68.9 Å². The molecule has 3 heterocycles. The van der Waals surface area contributed by atoms with Crippen LogP contribution < -0.4 is 4.90 Å². The molecule has 3 aromatic heterocycles. The van der Waals surface area contributed by atoms with Gasteiger partial charge in [-0.25, -0.2) is 9.97 Å². The van der Waals surface area contributed by atoms with Crippen LogP contribution in [0.5, 0.6) is 0 Å². The Kier molecular flexibility index (Phi) is 4.95. The monoisotopic (exact) mass is 408 g/mol. The predicted molar refractivity (Wildman–Crippen MR) is 115 cm³/mol. The summed E-state index contributed by atoms with van der Waals surface area (Å²) < 4.78 is 1.11. The number of rotatable bonds is 4. The van der Waals surface area contributed by atoms with E-state index in [1.54, 1.807) is 22.4 Å². The Morgan fingerprint density at radius 3 is 2.57 bits per heavy atom. The molecule has 1 aromatic carbocycles. The van der Waals surface area contributed by atoms with Crippen molar-refractivity contribution in [1.82, 2.24) is 15.0 Å². The minimum atomic E-state index is -0.0813. The quantitative estimate of drug-likeness (QED) is 0.464. The first-order valence-electron chi connectivity index (χ1n) is 8.96. The molecule has 0 unspecified atom stereocenters. The zero-order valence-corrected chi connectivity index (χ0v) is 17.8. The zero-order valence-electron chi connectivity index (χ0n) is 16.2. The van der Waals surface area contributed by atoms with E-state index in [2.05, 4.69) is 35.9 Å². The molecule has 4 rings (SSSR count). The Bertz CT molecular complexity index is 1160. The number of aryl methyl sites for hydroxylation is 4. The molecule has 0 saturated heterocycles. The van der Waals surface area contributed by atoms with Gasteiger partial charge >= 0.3 is 0 Å². The van der Waals surface area contributed by atoms with Gasteiger partial charge in [0.1, 0.15) is 4.88 Å². The van der Waals surface area contributed by atoms with Crippen LogP contribution in [0.3, 0.4) is 0 Å². The van der Waals surface area contributed by atoms with Gasteiger partial charge in [-0.2, -0.15) is 0 Å². The maximum atomic E-state index is 13.4. The van der Waals surface area contributed by atoms with Crippen molar-refractivity contribution in [1.29, 1.82) is 0 Å². The number of benzene rings is 1. The van der Waals surface area contributed by atoms with E-state index in [0.29, 0.717) is 16.6 Å². The van der Waals surface area contributed by atoms with Gasteiger partial charge in [0.2, 0.25) is 0 Å². The van der Waals surface area contributed by atoms with Gasteiger partial charge in [0, 0.05) is 6.20 Å². The summed E-state index contributed by atoms with van der Waals surface area (Å²) in [6, 6.07) is 9.93. The lowest BCUT2D eigenvalue weighted by atomic mass is 10.1. The topological polar surface area (TPSA) is 59.0 Å². The molecular weight excluding hydrogens is 388 g/mol. The van der Waals surface area contributed by atoms with Gasteiger partial charge in [-0.15, -0.1) is 11.3 Å². The molecule has 0 aliphatic carbocycles. The number of pyridine rings is 1. The van der Waals surface area contributed by atoms with E-state index < -0.39 is 0 Å². The number of aromatic nitrogens is 3. The third kappa shape index (κ3) is 3.55. The molecule has 5 nitrogen and oxygen atoms in total. The number of hydrogen-bond acceptors (Lipinski definition) is 6. The van der Waals surface area contributed by atoms with Gasteiger partial charge in [0.05, 0.1) is 33.2 Å². The van der Waals surface area contributed by atoms with E-state index >= 15 is 0 Å². The smallest absolute Gasteiger partial charge is 0.272 e. The van der Waals surface area contributed by atoms with Crippen LogP contribution >= 0.6 is 22.7 Å². The second kappa shape index (κ2) is 7.41. The van der Waals surface area contributed by atoms with Gasteiger partial charge in [-0.3, -0.25) is 14.7 Å². The maximum absolute atomic E-state index is 13.4. The zero-order chi connectivity index (χ0) is 19.8. The van der Waals surface area contributed by atoms with E-state index in [1.807, 2.05) is 32.0 Å². The first-order valence-corrected chi connectivity index (χ1v) is 10.6. The molecule has 7 heteroatoms. The molecule has 0 bridgehead atoms. The van der Waals surface area contributed by atoms with E-state index in [1.165, 1.54) is 22.5 Å². The van der Waals surface area contributed by atoms with Crippen LogP contribution in [0.4, 0.5) is 5.13 Å². The van der Waals surface area contributed by atoms with Crippen molar-refractivity contribution in [3.63, 3.8) is 0 Å². The molecule has 0 fully saturated rings. The Morgan fingerprint density at radius 1 is 1.07 bits per heavy atom. The Morgan fingerprint density at radius 2 is 1.89 bits per heavy atom. The normalized spacial score (nSPS) is 11.1. The SMILES string of the molecule is Cc1cc(C)c2sc(N(Cc3ccccn3)C(=O)c3sc(C)nc3C)nc2c1. The number of carbonyl (C=O) groups is 1. The molecular formula is C21H20N4OS2. The molecule has 4 aromatic rings. The summed E-state index contributed by atoms with van der Waals surface area (Å²) in [6.07, 6.45) is 1.74. The molecule has 0 spiro atoms. The summed E-state index contributed by atoms with van der Waals surface area (Å²) in [5, 5.41) is 1.57. The lowest BCUT2D eigenvalue weighted by Gasteiger charge is -2.19. The van der Waals surface area contributed by atoms with Crippen LogP contribution in [0.1, 0.15) is 37.2 Å². The highest BCUT2D eigenvalue weighted by molar-refractivity contribution is 7.22. The highest BCUT2D eigenvalue weighted by Crippen LogP contribution is 2.34. The minimum Gasteiger partial charge on any atom is -0.277 e. The second-order valence-electron chi connectivity index (χ2n) is 6.79. The molecule has 0 aliphatic rings.